The van der Waals surface area contributed by atoms with Crippen molar-refractivity contribution in [3.05, 3.63) is 0 Å². The number of nitrogens with zero attached hydrogens (tertiary/aromatic N) is 2. The fourth-order valence-electron chi connectivity index (χ4n) is 2.89. The van der Waals surface area contributed by atoms with Crippen LogP contribution in [0.5, 0.6) is 0 Å². The van der Waals surface area contributed by atoms with Crippen molar-refractivity contribution in [2.45, 2.75) is 51.1 Å². The fraction of sp³-hybridized carbons (Fsp3) is 0.769. The Balaban J connectivity index is 2.22. The maximum atomic E-state index is 12.4. The molecule has 0 aromatic heterocycles. The summed E-state index contributed by atoms with van der Waals surface area (Å²) in [7, 11) is 0. The summed E-state index contributed by atoms with van der Waals surface area (Å²) in [5.74, 6) is -2.04. The fourth-order valence-corrected chi connectivity index (χ4v) is 2.89. The molecular formula is C13H14F6N2O3. The molecule has 2 aliphatic rings. The molecule has 0 spiro atoms. The van der Waals surface area contributed by atoms with Crippen LogP contribution in [0.15, 0.2) is 10.3 Å². The van der Waals surface area contributed by atoms with Gasteiger partial charge in [0.05, 0.1) is 11.6 Å². The number of carbonyl (C=O) groups is 1. The molecule has 136 valence electrons. The molecule has 2 unspecified atom stereocenters. The van der Waals surface area contributed by atoms with Crippen LogP contribution in [0.1, 0.15) is 33.1 Å². The highest BCUT2D eigenvalue weighted by Gasteiger charge is 2.60. The molecule has 1 saturated carbocycles. The van der Waals surface area contributed by atoms with Crippen LogP contribution in [-0.4, -0.2) is 35.3 Å². The van der Waals surface area contributed by atoms with Crippen LogP contribution in [0.4, 0.5) is 26.3 Å². The van der Waals surface area contributed by atoms with Crippen molar-refractivity contribution in [3.63, 3.8) is 0 Å². The summed E-state index contributed by atoms with van der Waals surface area (Å²) in [6.07, 6.45) is -10.6. The lowest BCUT2D eigenvalue weighted by molar-refractivity contribution is -0.173. The summed E-state index contributed by atoms with van der Waals surface area (Å²) in [6, 6.07) is 0. The number of halogens is 6. The van der Waals surface area contributed by atoms with E-state index in [4.69, 9.17) is 4.84 Å². The third-order valence-corrected chi connectivity index (χ3v) is 3.97. The second-order valence-corrected chi connectivity index (χ2v) is 5.91. The van der Waals surface area contributed by atoms with Gasteiger partial charge in [-0.2, -0.15) is 26.3 Å². The van der Waals surface area contributed by atoms with Crippen LogP contribution in [0.3, 0.4) is 0 Å². The van der Waals surface area contributed by atoms with Crippen LogP contribution in [0, 0.1) is 11.8 Å². The Morgan fingerprint density at radius 3 is 2.38 bits per heavy atom. The van der Waals surface area contributed by atoms with Crippen LogP contribution >= 0.6 is 0 Å². The molecule has 0 radical (unpaired) electrons. The lowest BCUT2D eigenvalue weighted by Gasteiger charge is -2.24. The van der Waals surface area contributed by atoms with Crippen molar-refractivity contribution in [2.75, 3.05) is 0 Å². The van der Waals surface area contributed by atoms with Gasteiger partial charge in [0.15, 0.2) is 0 Å². The largest absolute Gasteiger partial charge is 0.441 e. The first-order valence-corrected chi connectivity index (χ1v) is 7.09. The van der Waals surface area contributed by atoms with E-state index in [0.717, 1.165) is 0 Å². The van der Waals surface area contributed by atoms with E-state index in [-0.39, 0.29) is 12.3 Å². The molecule has 2 atom stereocenters. The Bertz CT molecular complexity index is 565. The maximum absolute atomic E-state index is 12.4. The molecule has 0 aromatic rings. The lowest BCUT2D eigenvalue weighted by Crippen LogP contribution is -2.45. The van der Waals surface area contributed by atoms with Gasteiger partial charge in [0.1, 0.15) is 0 Å². The molecule has 1 heterocycles. The molecule has 1 aliphatic carbocycles. The Labute approximate surface area is 132 Å². The Kier molecular flexibility index (Phi) is 4.57. The summed E-state index contributed by atoms with van der Waals surface area (Å²) in [5, 5.41) is 5.78. The summed E-state index contributed by atoms with van der Waals surface area (Å²) < 4.78 is 74.3. The average molecular weight is 360 g/mol. The molecular weight excluding hydrogens is 346 g/mol. The number of alkyl halides is 6. The van der Waals surface area contributed by atoms with Crippen molar-refractivity contribution in [3.8, 4) is 0 Å². The summed E-state index contributed by atoms with van der Waals surface area (Å²) in [6.45, 7) is 3.57. The molecule has 5 nitrogen and oxygen atoms in total. The summed E-state index contributed by atoms with van der Waals surface area (Å²) in [5.41, 5.74) is -4.32. The van der Waals surface area contributed by atoms with Crippen molar-refractivity contribution < 1.29 is 40.8 Å². The standard InChI is InChI=1S/C13H14F6N2O3/c1-6(2)8-7-4-3-5-11(7,24-20-8)10(22)23-21-9(12(14,15)16)13(17,18)19/h6-7H,3-5H2,1-2H3. The number of hydrogen-bond donors (Lipinski definition) is 0. The number of rotatable bonds is 3. The SMILES string of the molecule is CC(C)C1=NOC2(C(=O)ON=C(C(F)(F)F)C(F)(F)F)CCCC12. The normalized spacial score (nSPS) is 26.7. The van der Waals surface area contributed by atoms with Crippen molar-refractivity contribution in [2.24, 2.45) is 22.1 Å². The van der Waals surface area contributed by atoms with Crippen LogP contribution in [0.2, 0.25) is 0 Å². The molecule has 0 saturated heterocycles. The molecule has 0 amide bonds. The van der Waals surface area contributed by atoms with Gasteiger partial charge in [-0.05, 0) is 18.8 Å². The first kappa shape index (κ1) is 18.5. The number of fused-ring (bicyclic) bond motifs is 1. The zero-order valence-electron chi connectivity index (χ0n) is 12.7. The minimum absolute atomic E-state index is 0.0824. The molecule has 1 aliphatic heterocycles. The molecule has 0 bridgehead atoms. The molecule has 11 heteroatoms. The van der Waals surface area contributed by atoms with Gasteiger partial charge in [-0.25, -0.2) is 4.79 Å². The second kappa shape index (κ2) is 5.92. The van der Waals surface area contributed by atoms with Gasteiger partial charge in [-0.3, -0.25) is 0 Å². The third-order valence-electron chi connectivity index (χ3n) is 3.97. The second-order valence-electron chi connectivity index (χ2n) is 5.91. The quantitative estimate of drug-likeness (QED) is 0.334. The van der Waals surface area contributed by atoms with Gasteiger partial charge in [0, 0.05) is 6.42 Å². The smallest absolute Gasteiger partial charge is 0.376 e. The highest BCUT2D eigenvalue weighted by Crippen LogP contribution is 2.46. The minimum Gasteiger partial charge on any atom is -0.376 e. The van der Waals surface area contributed by atoms with E-state index in [9.17, 15) is 31.1 Å². The van der Waals surface area contributed by atoms with Crippen molar-refractivity contribution in [1.29, 1.82) is 0 Å². The van der Waals surface area contributed by atoms with Gasteiger partial charge in [-0.1, -0.05) is 24.2 Å². The predicted octanol–water partition coefficient (Wildman–Crippen LogP) is 3.59. The van der Waals surface area contributed by atoms with Crippen LogP contribution < -0.4 is 0 Å². The first-order valence-electron chi connectivity index (χ1n) is 7.09. The van der Waals surface area contributed by atoms with E-state index in [1.165, 1.54) is 0 Å². The molecule has 0 N–H and O–H groups in total. The van der Waals surface area contributed by atoms with Gasteiger partial charge >= 0.3 is 18.3 Å². The summed E-state index contributed by atoms with van der Waals surface area (Å²) >= 11 is 0. The van der Waals surface area contributed by atoms with E-state index in [2.05, 4.69) is 9.99 Å². The highest BCUT2D eigenvalue weighted by molar-refractivity contribution is 5.98. The topological polar surface area (TPSA) is 60.2 Å². The van der Waals surface area contributed by atoms with E-state index < -0.39 is 35.6 Å². The van der Waals surface area contributed by atoms with E-state index in [1.807, 2.05) is 5.16 Å². The Morgan fingerprint density at radius 1 is 1.29 bits per heavy atom. The zero-order chi connectivity index (χ0) is 18.3. The minimum atomic E-state index is -5.80. The van der Waals surface area contributed by atoms with E-state index in [0.29, 0.717) is 18.6 Å². The molecule has 2 rings (SSSR count). The number of hydrogen-bond acceptors (Lipinski definition) is 5. The lowest BCUT2D eigenvalue weighted by atomic mass is 9.83. The monoisotopic (exact) mass is 360 g/mol. The Hall–Kier alpha value is -1.81. The van der Waals surface area contributed by atoms with Gasteiger partial charge in [0.2, 0.25) is 5.60 Å². The molecule has 0 aromatic carbocycles. The van der Waals surface area contributed by atoms with E-state index >= 15 is 0 Å². The van der Waals surface area contributed by atoms with Crippen molar-refractivity contribution in [1.82, 2.24) is 0 Å². The number of carbonyl (C=O) groups excluding carboxylic acids is 1. The first-order chi connectivity index (χ1) is 10.9. The predicted molar refractivity (Wildman–Crippen MR) is 69.1 cm³/mol. The Morgan fingerprint density at radius 2 is 1.88 bits per heavy atom. The van der Waals surface area contributed by atoms with E-state index in [1.54, 1.807) is 13.8 Å². The molecule has 24 heavy (non-hydrogen) atoms. The van der Waals surface area contributed by atoms with Crippen LogP contribution in [0.25, 0.3) is 0 Å². The van der Waals surface area contributed by atoms with Crippen molar-refractivity contribution >= 4 is 17.4 Å². The summed E-state index contributed by atoms with van der Waals surface area (Å²) in [4.78, 5) is 21.2. The van der Waals surface area contributed by atoms with Crippen LogP contribution in [-0.2, 0) is 14.5 Å². The average Bonchev–Trinajstić information content (AvgIpc) is 2.93. The van der Waals surface area contributed by atoms with Gasteiger partial charge in [0.25, 0.3) is 5.71 Å². The highest BCUT2D eigenvalue weighted by atomic mass is 19.4. The molecule has 1 fully saturated rings. The maximum Gasteiger partial charge on any atom is 0.441 e. The number of oxime groups is 2. The zero-order valence-corrected chi connectivity index (χ0v) is 12.7. The van der Waals surface area contributed by atoms with Gasteiger partial charge in [-0.15, -0.1) is 0 Å². The van der Waals surface area contributed by atoms with Gasteiger partial charge < -0.3 is 9.68 Å². The third kappa shape index (κ3) is 3.20.